The van der Waals surface area contributed by atoms with Gasteiger partial charge in [-0.1, -0.05) is 0 Å². The molecule has 1 heterocycles. The van der Waals surface area contributed by atoms with Crippen molar-refractivity contribution in [2.75, 3.05) is 18.1 Å². The molecule has 1 nitrogen and oxygen atoms in total. The lowest BCUT2D eigenvalue weighted by Gasteiger charge is -2.04. The van der Waals surface area contributed by atoms with E-state index in [4.69, 9.17) is 5.73 Å². The first-order valence-electron chi connectivity index (χ1n) is 4.15. The smallest absolute Gasteiger partial charge is 0.000773 e. The van der Waals surface area contributed by atoms with Crippen LogP contribution in [-0.4, -0.2) is 18.1 Å². The fraction of sp³-hybridized carbons (Fsp3) is 1.00. The molecular formula is C8H15NS. The van der Waals surface area contributed by atoms with Crippen LogP contribution in [0.2, 0.25) is 0 Å². The summed E-state index contributed by atoms with van der Waals surface area (Å²) >= 11 is 2.13. The Morgan fingerprint density at radius 1 is 1.60 bits per heavy atom. The highest BCUT2D eigenvalue weighted by molar-refractivity contribution is 7.99. The van der Waals surface area contributed by atoms with Gasteiger partial charge in [0.15, 0.2) is 0 Å². The van der Waals surface area contributed by atoms with Crippen LogP contribution in [0.3, 0.4) is 0 Å². The van der Waals surface area contributed by atoms with Crippen LogP contribution in [0.1, 0.15) is 19.3 Å². The molecule has 10 heavy (non-hydrogen) atoms. The first kappa shape index (κ1) is 6.99. The van der Waals surface area contributed by atoms with E-state index in [1.54, 1.807) is 0 Å². The second-order valence-corrected chi connectivity index (χ2v) is 4.75. The molecule has 58 valence electrons. The molecule has 2 heteroatoms. The van der Waals surface area contributed by atoms with Gasteiger partial charge < -0.3 is 5.73 Å². The van der Waals surface area contributed by atoms with Crippen LogP contribution < -0.4 is 5.73 Å². The van der Waals surface area contributed by atoms with E-state index in [0.717, 1.165) is 17.9 Å². The van der Waals surface area contributed by atoms with E-state index in [9.17, 15) is 0 Å². The third-order valence-electron chi connectivity index (χ3n) is 3.01. The van der Waals surface area contributed by atoms with E-state index < -0.39 is 0 Å². The summed E-state index contributed by atoms with van der Waals surface area (Å²) in [6, 6.07) is 0. The minimum Gasteiger partial charge on any atom is -0.330 e. The van der Waals surface area contributed by atoms with Gasteiger partial charge in [0, 0.05) is 0 Å². The van der Waals surface area contributed by atoms with Crippen molar-refractivity contribution in [1.29, 1.82) is 0 Å². The molecule has 2 N–H and O–H groups in total. The summed E-state index contributed by atoms with van der Waals surface area (Å²) in [5.74, 6) is 3.84. The van der Waals surface area contributed by atoms with Crippen LogP contribution in [-0.2, 0) is 0 Å². The van der Waals surface area contributed by atoms with Gasteiger partial charge in [-0.25, -0.2) is 0 Å². The first-order valence-corrected chi connectivity index (χ1v) is 5.31. The van der Waals surface area contributed by atoms with E-state index in [1.807, 2.05) is 0 Å². The van der Waals surface area contributed by atoms with Crippen molar-refractivity contribution >= 4 is 11.8 Å². The highest BCUT2D eigenvalue weighted by Gasteiger charge is 2.54. The number of thioether (sulfide) groups is 1. The molecule has 0 aromatic heterocycles. The van der Waals surface area contributed by atoms with Crippen LogP contribution >= 0.6 is 11.8 Å². The molecule has 0 radical (unpaired) electrons. The third kappa shape index (κ3) is 0.978. The summed E-state index contributed by atoms with van der Waals surface area (Å²) in [4.78, 5) is 0. The van der Waals surface area contributed by atoms with E-state index in [1.165, 1.54) is 30.8 Å². The molecule has 1 saturated heterocycles. The van der Waals surface area contributed by atoms with Crippen molar-refractivity contribution in [3.05, 3.63) is 0 Å². The summed E-state index contributed by atoms with van der Waals surface area (Å²) in [6.45, 7) is 0.900. The van der Waals surface area contributed by atoms with E-state index in [0.29, 0.717) is 0 Å². The molecule has 2 unspecified atom stereocenters. The lowest BCUT2D eigenvalue weighted by molar-refractivity contribution is 0.500. The predicted octanol–water partition coefficient (Wildman–Crippen LogP) is 1.48. The maximum Gasteiger partial charge on any atom is -0.000773 e. The second-order valence-electron chi connectivity index (χ2n) is 3.64. The Labute approximate surface area is 66.7 Å². The zero-order chi connectivity index (χ0) is 7.03. The van der Waals surface area contributed by atoms with E-state index >= 15 is 0 Å². The number of nitrogens with two attached hydrogens (primary N) is 1. The summed E-state index contributed by atoms with van der Waals surface area (Å²) in [7, 11) is 0. The van der Waals surface area contributed by atoms with E-state index in [-0.39, 0.29) is 0 Å². The minimum absolute atomic E-state index is 0.796. The minimum atomic E-state index is 0.796. The molecule has 1 aliphatic carbocycles. The maximum atomic E-state index is 5.51. The molecule has 0 aromatic rings. The van der Waals surface area contributed by atoms with Crippen LogP contribution in [0.25, 0.3) is 0 Å². The lowest BCUT2D eigenvalue weighted by atomic mass is 10.0. The highest BCUT2D eigenvalue weighted by Crippen LogP contribution is 2.61. The Bertz CT molecular complexity index is 129. The van der Waals surface area contributed by atoms with Crippen LogP contribution in [0.5, 0.6) is 0 Å². The van der Waals surface area contributed by atoms with Crippen molar-refractivity contribution in [2.45, 2.75) is 19.3 Å². The van der Waals surface area contributed by atoms with Crippen LogP contribution in [0, 0.1) is 11.3 Å². The van der Waals surface area contributed by atoms with Gasteiger partial charge >= 0.3 is 0 Å². The molecule has 2 aliphatic rings. The number of rotatable bonds is 2. The van der Waals surface area contributed by atoms with Crippen molar-refractivity contribution in [2.24, 2.45) is 17.1 Å². The highest BCUT2D eigenvalue weighted by atomic mass is 32.2. The predicted molar refractivity (Wildman–Crippen MR) is 46.2 cm³/mol. The fourth-order valence-corrected chi connectivity index (χ4v) is 3.75. The van der Waals surface area contributed by atoms with Gasteiger partial charge in [-0.05, 0) is 48.6 Å². The molecule has 2 rings (SSSR count). The summed E-state index contributed by atoms with van der Waals surface area (Å²) in [5, 5.41) is 0. The molecular weight excluding hydrogens is 142 g/mol. The Kier molecular flexibility index (Phi) is 1.69. The van der Waals surface area contributed by atoms with Crippen molar-refractivity contribution < 1.29 is 0 Å². The van der Waals surface area contributed by atoms with Gasteiger partial charge in [0.25, 0.3) is 0 Å². The normalized spacial score (nSPS) is 44.7. The quantitative estimate of drug-likeness (QED) is 0.657. The standard InChI is InChI=1S/C8H15NS/c9-3-1-7-5-8(7)2-4-10-6-8/h7H,1-6,9H2. The topological polar surface area (TPSA) is 26.0 Å². The van der Waals surface area contributed by atoms with Gasteiger partial charge in [-0.15, -0.1) is 0 Å². The first-order chi connectivity index (χ1) is 4.87. The SMILES string of the molecule is NCCC1CC12CCSC2. The molecule has 1 saturated carbocycles. The Morgan fingerprint density at radius 3 is 3.10 bits per heavy atom. The average molecular weight is 157 g/mol. The molecule has 0 aromatic carbocycles. The zero-order valence-corrected chi connectivity index (χ0v) is 7.12. The molecule has 0 bridgehead atoms. The van der Waals surface area contributed by atoms with Crippen LogP contribution in [0.15, 0.2) is 0 Å². The summed E-state index contributed by atoms with van der Waals surface area (Å²) < 4.78 is 0. The maximum absolute atomic E-state index is 5.51. The van der Waals surface area contributed by atoms with Crippen molar-refractivity contribution in [3.8, 4) is 0 Å². The van der Waals surface area contributed by atoms with Crippen LogP contribution in [0.4, 0.5) is 0 Å². The van der Waals surface area contributed by atoms with Gasteiger partial charge in [0.05, 0.1) is 0 Å². The average Bonchev–Trinajstić information content (AvgIpc) is 2.43. The summed E-state index contributed by atoms with van der Waals surface area (Å²) in [5.41, 5.74) is 6.31. The Morgan fingerprint density at radius 2 is 2.50 bits per heavy atom. The molecule has 2 atom stereocenters. The number of hydrogen-bond acceptors (Lipinski definition) is 2. The zero-order valence-electron chi connectivity index (χ0n) is 6.31. The lowest BCUT2D eigenvalue weighted by Crippen LogP contribution is -2.06. The molecule has 1 spiro atoms. The largest absolute Gasteiger partial charge is 0.330 e. The molecule has 2 fully saturated rings. The Hall–Kier alpha value is 0.310. The second kappa shape index (κ2) is 2.42. The van der Waals surface area contributed by atoms with Crippen molar-refractivity contribution in [1.82, 2.24) is 0 Å². The van der Waals surface area contributed by atoms with Gasteiger partial charge in [-0.2, -0.15) is 11.8 Å². The van der Waals surface area contributed by atoms with Gasteiger partial charge in [-0.3, -0.25) is 0 Å². The Balaban J connectivity index is 1.86. The molecule has 0 amide bonds. The van der Waals surface area contributed by atoms with E-state index in [2.05, 4.69) is 11.8 Å². The van der Waals surface area contributed by atoms with Gasteiger partial charge in [0.2, 0.25) is 0 Å². The van der Waals surface area contributed by atoms with Crippen molar-refractivity contribution in [3.63, 3.8) is 0 Å². The third-order valence-corrected chi connectivity index (χ3v) is 4.28. The fourth-order valence-electron chi connectivity index (χ4n) is 2.15. The molecule has 1 aliphatic heterocycles. The summed E-state index contributed by atoms with van der Waals surface area (Å²) in [6.07, 6.45) is 4.24. The monoisotopic (exact) mass is 157 g/mol. The van der Waals surface area contributed by atoms with Gasteiger partial charge in [0.1, 0.15) is 0 Å². The number of hydrogen-bond donors (Lipinski definition) is 1.